The van der Waals surface area contributed by atoms with Crippen LogP contribution in [0.25, 0.3) is 0 Å². The van der Waals surface area contributed by atoms with E-state index in [1.54, 1.807) is 18.2 Å². The molecule has 47 heavy (non-hydrogen) atoms. The predicted octanol–water partition coefficient (Wildman–Crippen LogP) is 5.66. The van der Waals surface area contributed by atoms with Gasteiger partial charge in [-0.05, 0) is 41.8 Å². The Balaban J connectivity index is 1.47. The molecular weight excluding hydrogens is 626 g/mol. The van der Waals surface area contributed by atoms with Gasteiger partial charge in [-0.15, -0.1) is 0 Å². The number of rotatable bonds is 16. The number of benzene rings is 4. The van der Waals surface area contributed by atoms with E-state index < -0.39 is 39.1 Å². The SMILES string of the molecule is CCOc1cc(/C=N/NC(=O)C(CSCc2ccccc2)NC(=O)c2cc([N+](=O)[O-])cc([N+](=O)[O-])c2)ccc1OCc1ccccc1. The molecule has 1 atom stereocenters. The van der Waals surface area contributed by atoms with Gasteiger partial charge in [-0.3, -0.25) is 29.8 Å². The van der Waals surface area contributed by atoms with E-state index in [1.807, 2.05) is 67.6 Å². The van der Waals surface area contributed by atoms with Crippen molar-refractivity contribution in [2.75, 3.05) is 12.4 Å². The van der Waals surface area contributed by atoms with Crippen LogP contribution in [-0.4, -0.2) is 46.3 Å². The number of amides is 2. The predicted molar refractivity (Wildman–Crippen MR) is 178 cm³/mol. The van der Waals surface area contributed by atoms with Crippen molar-refractivity contribution in [1.29, 1.82) is 0 Å². The molecule has 0 spiro atoms. The van der Waals surface area contributed by atoms with Gasteiger partial charge in [0.15, 0.2) is 11.5 Å². The summed E-state index contributed by atoms with van der Waals surface area (Å²) in [6.07, 6.45) is 1.40. The lowest BCUT2D eigenvalue weighted by atomic mass is 10.1. The van der Waals surface area contributed by atoms with Gasteiger partial charge < -0.3 is 14.8 Å². The molecule has 0 aliphatic heterocycles. The van der Waals surface area contributed by atoms with Crippen molar-refractivity contribution in [2.45, 2.75) is 25.3 Å². The Morgan fingerprint density at radius 1 is 0.851 bits per heavy atom. The summed E-state index contributed by atoms with van der Waals surface area (Å²) >= 11 is 1.36. The Morgan fingerprint density at radius 3 is 2.11 bits per heavy atom. The van der Waals surface area contributed by atoms with Crippen LogP contribution in [0.2, 0.25) is 0 Å². The smallest absolute Gasteiger partial charge is 0.277 e. The summed E-state index contributed by atoms with van der Waals surface area (Å²) in [7, 11) is 0. The first-order valence-electron chi connectivity index (χ1n) is 14.4. The Morgan fingerprint density at radius 2 is 1.49 bits per heavy atom. The van der Waals surface area contributed by atoms with Gasteiger partial charge in [0.1, 0.15) is 12.6 Å². The third kappa shape index (κ3) is 10.4. The maximum absolute atomic E-state index is 13.2. The molecule has 4 aromatic rings. The van der Waals surface area contributed by atoms with E-state index in [4.69, 9.17) is 9.47 Å². The van der Waals surface area contributed by atoms with Gasteiger partial charge in [-0.2, -0.15) is 16.9 Å². The van der Waals surface area contributed by atoms with E-state index in [-0.39, 0.29) is 11.3 Å². The summed E-state index contributed by atoms with van der Waals surface area (Å²) in [4.78, 5) is 47.3. The van der Waals surface area contributed by atoms with Crippen LogP contribution in [0.3, 0.4) is 0 Å². The highest BCUT2D eigenvalue weighted by molar-refractivity contribution is 7.98. The number of ether oxygens (including phenoxy) is 2. The van der Waals surface area contributed by atoms with Gasteiger partial charge in [0.2, 0.25) is 0 Å². The van der Waals surface area contributed by atoms with Crippen molar-refractivity contribution in [3.8, 4) is 11.5 Å². The summed E-state index contributed by atoms with van der Waals surface area (Å²) in [6.45, 7) is 2.59. The van der Waals surface area contributed by atoms with Crippen molar-refractivity contribution >= 4 is 41.2 Å². The highest BCUT2D eigenvalue weighted by Crippen LogP contribution is 2.29. The number of carbonyl (C=O) groups excluding carboxylic acids is 2. The molecule has 2 amide bonds. The zero-order valence-electron chi connectivity index (χ0n) is 25.2. The second kappa shape index (κ2) is 17.1. The monoisotopic (exact) mass is 657 g/mol. The van der Waals surface area contributed by atoms with Crippen molar-refractivity contribution in [1.82, 2.24) is 10.7 Å². The highest BCUT2D eigenvalue weighted by Gasteiger charge is 2.25. The van der Waals surface area contributed by atoms with Gasteiger partial charge in [-0.25, -0.2) is 5.43 Å². The summed E-state index contributed by atoms with van der Waals surface area (Å²) < 4.78 is 11.7. The average Bonchev–Trinajstić information content (AvgIpc) is 3.08. The second-order valence-electron chi connectivity index (χ2n) is 9.93. The van der Waals surface area contributed by atoms with E-state index in [0.717, 1.165) is 29.3 Å². The summed E-state index contributed by atoms with van der Waals surface area (Å²) in [5, 5.41) is 29.2. The van der Waals surface area contributed by atoms with Crippen LogP contribution >= 0.6 is 11.8 Å². The number of carbonyl (C=O) groups is 2. The molecule has 0 saturated heterocycles. The minimum atomic E-state index is -1.14. The van der Waals surface area contributed by atoms with Crippen LogP contribution in [0.4, 0.5) is 11.4 Å². The van der Waals surface area contributed by atoms with Crippen molar-refractivity contribution in [3.05, 3.63) is 140 Å². The first kappa shape index (κ1) is 34.1. The molecule has 0 fully saturated rings. The molecule has 13 nitrogen and oxygen atoms in total. The molecule has 0 radical (unpaired) electrons. The van der Waals surface area contributed by atoms with E-state index in [0.29, 0.717) is 36.0 Å². The number of thioether (sulfide) groups is 1. The average molecular weight is 658 g/mol. The minimum Gasteiger partial charge on any atom is -0.490 e. The first-order valence-corrected chi connectivity index (χ1v) is 15.5. The Kier molecular flexibility index (Phi) is 12.4. The topological polar surface area (TPSA) is 175 Å². The fourth-order valence-corrected chi connectivity index (χ4v) is 5.22. The first-order chi connectivity index (χ1) is 22.7. The number of hydrogen-bond donors (Lipinski definition) is 2. The molecule has 0 aromatic heterocycles. The number of hydrogen-bond acceptors (Lipinski definition) is 10. The lowest BCUT2D eigenvalue weighted by Gasteiger charge is -2.17. The maximum atomic E-state index is 13.2. The van der Waals surface area contributed by atoms with Crippen LogP contribution < -0.4 is 20.2 Å². The Labute approximate surface area is 274 Å². The molecule has 0 bridgehead atoms. The summed E-state index contributed by atoms with van der Waals surface area (Å²) in [5.74, 6) is 0.117. The largest absolute Gasteiger partial charge is 0.490 e. The van der Waals surface area contributed by atoms with E-state index in [1.165, 1.54) is 18.0 Å². The molecule has 4 aromatic carbocycles. The number of nitrogens with zero attached hydrogens (tertiary/aromatic N) is 3. The molecule has 4 rings (SSSR count). The van der Waals surface area contributed by atoms with E-state index >= 15 is 0 Å². The van der Waals surface area contributed by atoms with E-state index in [9.17, 15) is 29.8 Å². The van der Waals surface area contributed by atoms with Gasteiger partial charge in [0.25, 0.3) is 23.2 Å². The number of nitro groups is 2. The maximum Gasteiger partial charge on any atom is 0.277 e. The van der Waals surface area contributed by atoms with E-state index in [2.05, 4.69) is 15.8 Å². The molecule has 0 aliphatic rings. The van der Waals surface area contributed by atoms with Crippen molar-refractivity contribution in [2.24, 2.45) is 5.10 Å². The van der Waals surface area contributed by atoms with Gasteiger partial charge in [0, 0.05) is 23.6 Å². The van der Waals surface area contributed by atoms with Crippen LogP contribution in [0.1, 0.15) is 34.0 Å². The third-order valence-electron chi connectivity index (χ3n) is 6.50. The van der Waals surface area contributed by atoms with Crippen LogP contribution in [0, 0.1) is 20.2 Å². The molecule has 1 unspecified atom stereocenters. The molecule has 2 N–H and O–H groups in total. The zero-order valence-corrected chi connectivity index (χ0v) is 26.1. The number of hydrazone groups is 1. The normalized spacial score (nSPS) is 11.4. The van der Waals surface area contributed by atoms with Gasteiger partial charge in [-0.1, -0.05) is 60.7 Å². The van der Waals surface area contributed by atoms with Crippen LogP contribution in [-0.2, 0) is 17.2 Å². The minimum absolute atomic E-state index is 0.112. The standard InChI is InChI=1S/C33H31N5O8S/c1-2-45-31-15-25(13-14-30(31)46-20-23-9-5-3-6-10-23)19-34-36-33(40)29(22-47-21-24-11-7-4-8-12-24)35-32(39)26-16-27(37(41)42)18-28(17-26)38(43)44/h3-19,29H,2,20-22H2,1H3,(H,35,39)(H,36,40)/b34-19+. The van der Waals surface area contributed by atoms with Crippen LogP contribution in [0.5, 0.6) is 11.5 Å². The molecule has 14 heteroatoms. The number of nitro benzene ring substituents is 2. The van der Waals surface area contributed by atoms with Gasteiger partial charge >= 0.3 is 0 Å². The van der Waals surface area contributed by atoms with Crippen LogP contribution in [0.15, 0.2) is 102 Å². The van der Waals surface area contributed by atoms with Gasteiger partial charge in [0.05, 0.1) is 34.3 Å². The molecular formula is C33H31N5O8S. The summed E-state index contributed by atoms with van der Waals surface area (Å²) in [6, 6.07) is 25.8. The third-order valence-corrected chi connectivity index (χ3v) is 7.60. The number of nitrogens with one attached hydrogen (secondary N) is 2. The second-order valence-corrected chi connectivity index (χ2v) is 11.0. The Bertz CT molecular complexity index is 1710. The molecule has 0 aliphatic carbocycles. The lowest BCUT2D eigenvalue weighted by molar-refractivity contribution is -0.394. The molecule has 0 heterocycles. The zero-order chi connectivity index (χ0) is 33.6. The highest BCUT2D eigenvalue weighted by atomic mass is 32.2. The fourth-order valence-electron chi connectivity index (χ4n) is 4.21. The number of non-ortho nitro benzene ring substituents is 2. The molecule has 242 valence electrons. The van der Waals surface area contributed by atoms with Crippen molar-refractivity contribution in [3.63, 3.8) is 0 Å². The van der Waals surface area contributed by atoms with Crippen molar-refractivity contribution < 1.29 is 28.9 Å². The lowest BCUT2D eigenvalue weighted by Crippen LogP contribution is -2.47. The molecule has 0 saturated carbocycles. The summed E-state index contributed by atoms with van der Waals surface area (Å²) in [5.41, 5.74) is 3.42. The quantitative estimate of drug-likeness (QED) is 0.0874. The Hall–Kier alpha value is -5.76. The fraction of sp³-hybridized carbons (Fsp3) is 0.182.